The van der Waals surface area contributed by atoms with Crippen molar-refractivity contribution in [1.82, 2.24) is 5.43 Å². The highest BCUT2D eigenvalue weighted by molar-refractivity contribution is 5.87. The Morgan fingerprint density at radius 1 is 1.58 bits per heavy atom. The molecule has 4 nitrogen and oxygen atoms in total. The number of hydrazine groups is 1. The van der Waals surface area contributed by atoms with Gasteiger partial charge in [-0.2, -0.15) is 0 Å². The topological polar surface area (TPSA) is 59.6 Å². The molecule has 2 atom stereocenters. The van der Waals surface area contributed by atoms with E-state index in [1.54, 1.807) is 0 Å². The fourth-order valence-electron chi connectivity index (χ4n) is 2.06. The number of amidine groups is 1. The summed E-state index contributed by atoms with van der Waals surface area (Å²) in [5.74, 6) is 8.28. The first kappa shape index (κ1) is 8.01. The second kappa shape index (κ2) is 3.03. The van der Waals surface area contributed by atoms with Crippen LogP contribution in [0, 0.1) is 17.8 Å². The summed E-state index contributed by atoms with van der Waals surface area (Å²) in [6.45, 7) is 4.60. The molecule has 2 rings (SSSR count). The van der Waals surface area contributed by atoms with Crippen LogP contribution >= 0.6 is 0 Å². The van der Waals surface area contributed by atoms with E-state index < -0.39 is 0 Å². The Kier molecular flexibility index (Phi) is 2.02. The lowest BCUT2D eigenvalue weighted by molar-refractivity contribution is 0.159. The van der Waals surface area contributed by atoms with Crippen molar-refractivity contribution in [3.63, 3.8) is 0 Å². The fraction of sp³-hybridized carbons (Fsp3) is 0.875. The van der Waals surface area contributed by atoms with Crippen molar-refractivity contribution in [3.05, 3.63) is 0 Å². The Balaban J connectivity index is 1.97. The molecular weight excluding hydrogens is 154 g/mol. The summed E-state index contributed by atoms with van der Waals surface area (Å²) in [5, 5.41) is 0. The second-order valence-corrected chi connectivity index (χ2v) is 3.39. The third-order valence-electron chi connectivity index (χ3n) is 2.74. The zero-order chi connectivity index (χ0) is 8.55. The SMILES string of the molecule is CCN=C(NN)C1C2COCC21. The van der Waals surface area contributed by atoms with E-state index in [9.17, 15) is 0 Å². The van der Waals surface area contributed by atoms with Crippen LogP contribution in [0.25, 0.3) is 0 Å². The number of nitrogens with one attached hydrogen (secondary N) is 1. The first-order valence-electron chi connectivity index (χ1n) is 4.47. The average molecular weight is 169 g/mol. The molecule has 0 radical (unpaired) electrons. The van der Waals surface area contributed by atoms with Gasteiger partial charge in [-0.15, -0.1) is 0 Å². The van der Waals surface area contributed by atoms with Crippen molar-refractivity contribution in [3.8, 4) is 0 Å². The van der Waals surface area contributed by atoms with Crippen LogP contribution in [-0.2, 0) is 4.74 Å². The molecular formula is C8H15N3O. The van der Waals surface area contributed by atoms with Crippen LogP contribution in [0.2, 0.25) is 0 Å². The summed E-state index contributed by atoms with van der Waals surface area (Å²) in [6, 6.07) is 0. The summed E-state index contributed by atoms with van der Waals surface area (Å²) in [7, 11) is 0. The zero-order valence-electron chi connectivity index (χ0n) is 7.29. The average Bonchev–Trinajstić information content (AvgIpc) is 2.59. The van der Waals surface area contributed by atoms with Gasteiger partial charge in [0.25, 0.3) is 0 Å². The van der Waals surface area contributed by atoms with E-state index in [0.29, 0.717) is 17.8 Å². The number of nitrogens with zero attached hydrogens (tertiary/aromatic N) is 1. The number of nitrogens with two attached hydrogens (primary N) is 1. The van der Waals surface area contributed by atoms with Gasteiger partial charge in [0, 0.05) is 12.5 Å². The van der Waals surface area contributed by atoms with E-state index >= 15 is 0 Å². The molecule has 1 aliphatic heterocycles. The second-order valence-electron chi connectivity index (χ2n) is 3.39. The van der Waals surface area contributed by atoms with Crippen molar-refractivity contribution < 1.29 is 4.74 Å². The molecule has 68 valence electrons. The molecule has 0 bridgehead atoms. The molecule has 0 aromatic heterocycles. The van der Waals surface area contributed by atoms with Crippen LogP contribution in [0.3, 0.4) is 0 Å². The maximum absolute atomic E-state index is 5.38. The largest absolute Gasteiger partial charge is 0.381 e. The number of hydrogen-bond donors (Lipinski definition) is 2. The van der Waals surface area contributed by atoms with Gasteiger partial charge in [-0.05, 0) is 18.8 Å². The normalized spacial score (nSPS) is 39.5. The predicted molar refractivity (Wildman–Crippen MR) is 46.6 cm³/mol. The number of fused-ring (bicyclic) bond motifs is 1. The van der Waals surface area contributed by atoms with E-state index in [1.807, 2.05) is 6.92 Å². The van der Waals surface area contributed by atoms with Gasteiger partial charge in [0.1, 0.15) is 5.84 Å². The van der Waals surface area contributed by atoms with E-state index in [1.165, 1.54) is 0 Å². The predicted octanol–water partition coefficient (Wildman–Crippen LogP) is -0.240. The lowest BCUT2D eigenvalue weighted by Crippen LogP contribution is -2.33. The molecule has 0 aromatic rings. The molecule has 0 aromatic carbocycles. The van der Waals surface area contributed by atoms with Gasteiger partial charge in [0.05, 0.1) is 13.2 Å². The number of rotatable bonds is 2. The summed E-state index contributed by atoms with van der Waals surface area (Å²) >= 11 is 0. The molecule has 2 aliphatic rings. The lowest BCUT2D eigenvalue weighted by atomic mass is 10.3. The smallest absolute Gasteiger partial charge is 0.114 e. The Morgan fingerprint density at radius 2 is 2.25 bits per heavy atom. The molecule has 3 N–H and O–H groups in total. The third-order valence-corrected chi connectivity index (χ3v) is 2.74. The van der Waals surface area contributed by atoms with Gasteiger partial charge < -0.3 is 10.2 Å². The number of hydrogen-bond acceptors (Lipinski definition) is 3. The third kappa shape index (κ3) is 1.11. The fourth-order valence-corrected chi connectivity index (χ4v) is 2.06. The first-order chi connectivity index (χ1) is 5.88. The maximum atomic E-state index is 5.38. The van der Waals surface area contributed by atoms with Crippen molar-refractivity contribution in [2.24, 2.45) is 28.6 Å². The minimum absolute atomic E-state index is 0.559. The molecule has 1 saturated heterocycles. The molecule has 12 heavy (non-hydrogen) atoms. The minimum Gasteiger partial charge on any atom is -0.381 e. The van der Waals surface area contributed by atoms with Crippen LogP contribution in [0.5, 0.6) is 0 Å². The van der Waals surface area contributed by atoms with Crippen LogP contribution < -0.4 is 11.3 Å². The highest BCUT2D eigenvalue weighted by Gasteiger charge is 2.56. The molecule has 1 aliphatic carbocycles. The summed E-state index contributed by atoms with van der Waals surface area (Å²) in [4.78, 5) is 4.31. The van der Waals surface area contributed by atoms with Crippen LogP contribution in [-0.4, -0.2) is 25.6 Å². The van der Waals surface area contributed by atoms with Crippen molar-refractivity contribution >= 4 is 5.84 Å². The standard InChI is InChI=1S/C8H15N3O/c1-2-10-8(11-9)7-5-3-12-4-6(5)7/h5-7H,2-4,9H2,1H3,(H,10,11). The van der Waals surface area contributed by atoms with E-state index in [-0.39, 0.29) is 0 Å². The van der Waals surface area contributed by atoms with Gasteiger partial charge in [-0.3, -0.25) is 4.99 Å². The quantitative estimate of drug-likeness (QED) is 0.259. The molecule has 2 fully saturated rings. The van der Waals surface area contributed by atoms with E-state index in [2.05, 4.69) is 10.4 Å². The molecule has 1 saturated carbocycles. The van der Waals surface area contributed by atoms with E-state index in [4.69, 9.17) is 10.6 Å². The molecule has 2 unspecified atom stereocenters. The van der Waals surface area contributed by atoms with Crippen molar-refractivity contribution in [2.75, 3.05) is 19.8 Å². The summed E-state index contributed by atoms with van der Waals surface area (Å²) < 4.78 is 5.29. The van der Waals surface area contributed by atoms with Crippen molar-refractivity contribution in [1.29, 1.82) is 0 Å². The first-order valence-corrected chi connectivity index (χ1v) is 4.47. The Morgan fingerprint density at radius 3 is 2.75 bits per heavy atom. The monoisotopic (exact) mass is 169 g/mol. The zero-order valence-corrected chi connectivity index (χ0v) is 7.29. The molecule has 1 heterocycles. The minimum atomic E-state index is 0.559. The number of aliphatic imine (C=N–C) groups is 1. The van der Waals surface area contributed by atoms with Gasteiger partial charge in [-0.1, -0.05) is 0 Å². The Labute approximate surface area is 72.2 Å². The van der Waals surface area contributed by atoms with Crippen LogP contribution in [0.15, 0.2) is 4.99 Å². The van der Waals surface area contributed by atoms with Crippen LogP contribution in [0.1, 0.15) is 6.92 Å². The molecule has 0 amide bonds. The number of ether oxygens (including phenoxy) is 1. The maximum Gasteiger partial charge on any atom is 0.114 e. The highest BCUT2D eigenvalue weighted by atomic mass is 16.5. The van der Waals surface area contributed by atoms with Crippen molar-refractivity contribution in [2.45, 2.75) is 6.92 Å². The molecule has 4 heteroatoms. The Hall–Kier alpha value is -0.610. The molecule has 0 spiro atoms. The lowest BCUT2D eigenvalue weighted by Gasteiger charge is -2.06. The summed E-state index contributed by atoms with van der Waals surface area (Å²) in [6.07, 6.45) is 0. The van der Waals surface area contributed by atoms with E-state index in [0.717, 1.165) is 25.6 Å². The highest BCUT2D eigenvalue weighted by Crippen LogP contribution is 2.50. The van der Waals surface area contributed by atoms with Gasteiger partial charge >= 0.3 is 0 Å². The van der Waals surface area contributed by atoms with Gasteiger partial charge in [0.2, 0.25) is 0 Å². The Bertz CT molecular complexity index is 194. The summed E-state index contributed by atoms with van der Waals surface area (Å²) in [5.41, 5.74) is 2.69. The van der Waals surface area contributed by atoms with Gasteiger partial charge in [0.15, 0.2) is 0 Å². The van der Waals surface area contributed by atoms with Crippen LogP contribution in [0.4, 0.5) is 0 Å². The van der Waals surface area contributed by atoms with Gasteiger partial charge in [-0.25, -0.2) is 5.84 Å².